The second kappa shape index (κ2) is 4.06. The molecule has 1 aromatic rings. The van der Waals surface area contributed by atoms with E-state index in [1.54, 1.807) is 17.0 Å². The van der Waals surface area contributed by atoms with E-state index in [9.17, 15) is 9.90 Å². The summed E-state index contributed by atoms with van der Waals surface area (Å²) in [6.45, 7) is 1.05. The number of nitrogens with two attached hydrogens (primary N) is 1. The maximum Gasteiger partial charge on any atom is 0.256 e. The molecule has 0 radical (unpaired) electrons. The number of fused-ring (bicyclic) bond motifs is 1. The molecule has 96 valence electrons. The lowest BCUT2D eigenvalue weighted by atomic mass is 10.1. The molecular formula is C12H14N2O4. The van der Waals surface area contributed by atoms with E-state index in [0.717, 1.165) is 0 Å². The van der Waals surface area contributed by atoms with Crippen molar-refractivity contribution in [3.8, 4) is 11.5 Å². The van der Waals surface area contributed by atoms with Gasteiger partial charge in [0.1, 0.15) is 0 Å². The first-order valence-electron chi connectivity index (χ1n) is 5.81. The lowest BCUT2D eigenvalue weighted by molar-refractivity contribution is 0.0765. The van der Waals surface area contributed by atoms with E-state index in [2.05, 4.69) is 0 Å². The summed E-state index contributed by atoms with van der Waals surface area (Å²) in [6.07, 6.45) is 0.167. The quantitative estimate of drug-likeness (QED) is 0.696. The summed E-state index contributed by atoms with van der Waals surface area (Å²) in [4.78, 5) is 13.8. The van der Waals surface area contributed by atoms with E-state index in [0.29, 0.717) is 42.3 Å². The number of aliphatic hydroxyl groups is 1. The first-order chi connectivity index (χ1) is 8.65. The van der Waals surface area contributed by atoms with Crippen molar-refractivity contribution in [3.05, 3.63) is 17.7 Å². The standard InChI is InChI=1S/C12H14N2O4/c13-9-4-11-10(17-6-18-11)3-8(9)12(16)14-2-1-7(15)5-14/h3-4,7,15H,1-2,5-6,13H2/t7-/m0/s1. The van der Waals surface area contributed by atoms with Crippen LogP contribution in [0.1, 0.15) is 16.8 Å². The van der Waals surface area contributed by atoms with Gasteiger partial charge in [-0.1, -0.05) is 0 Å². The molecule has 0 aliphatic carbocycles. The molecule has 1 atom stereocenters. The van der Waals surface area contributed by atoms with Crippen LogP contribution in [0.4, 0.5) is 5.69 Å². The zero-order valence-electron chi connectivity index (χ0n) is 9.76. The smallest absolute Gasteiger partial charge is 0.256 e. The summed E-state index contributed by atoms with van der Waals surface area (Å²) >= 11 is 0. The molecule has 1 fully saturated rings. The number of hydrogen-bond donors (Lipinski definition) is 2. The molecule has 2 aliphatic heterocycles. The van der Waals surface area contributed by atoms with Crippen LogP contribution in [-0.4, -0.2) is 41.9 Å². The van der Waals surface area contributed by atoms with Crippen LogP contribution >= 0.6 is 0 Å². The average molecular weight is 250 g/mol. The van der Waals surface area contributed by atoms with Crippen molar-refractivity contribution in [2.24, 2.45) is 0 Å². The molecule has 18 heavy (non-hydrogen) atoms. The number of nitrogen functional groups attached to an aromatic ring is 1. The average Bonchev–Trinajstić information content (AvgIpc) is 2.95. The Bertz CT molecular complexity index is 503. The molecule has 6 nitrogen and oxygen atoms in total. The molecule has 3 rings (SSSR count). The number of β-amino-alcohol motifs (C(OH)–C–C–N with tert-alkyl or cyclic N) is 1. The van der Waals surface area contributed by atoms with Gasteiger partial charge in [0.05, 0.1) is 11.7 Å². The third-order valence-electron chi connectivity index (χ3n) is 3.23. The second-order valence-corrected chi connectivity index (χ2v) is 4.49. The Labute approximate surface area is 104 Å². The van der Waals surface area contributed by atoms with Crippen LogP contribution < -0.4 is 15.2 Å². The molecule has 0 bridgehead atoms. The van der Waals surface area contributed by atoms with Gasteiger partial charge in [0.2, 0.25) is 6.79 Å². The van der Waals surface area contributed by atoms with Gasteiger partial charge in [-0.3, -0.25) is 4.79 Å². The Hall–Kier alpha value is -1.95. The zero-order valence-corrected chi connectivity index (χ0v) is 9.76. The monoisotopic (exact) mass is 250 g/mol. The highest BCUT2D eigenvalue weighted by atomic mass is 16.7. The van der Waals surface area contributed by atoms with E-state index < -0.39 is 6.10 Å². The number of likely N-dealkylation sites (tertiary alicyclic amines) is 1. The highest BCUT2D eigenvalue weighted by Gasteiger charge is 2.28. The van der Waals surface area contributed by atoms with Crippen LogP contribution in [0, 0.1) is 0 Å². The van der Waals surface area contributed by atoms with Crippen molar-refractivity contribution in [2.75, 3.05) is 25.6 Å². The Kier molecular flexibility index (Phi) is 2.52. The summed E-state index contributed by atoms with van der Waals surface area (Å²) in [5, 5.41) is 9.45. The number of rotatable bonds is 1. The van der Waals surface area contributed by atoms with Gasteiger partial charge in [-0.2, -0.15) is 0 Å². The fourth-order valence-corrected chi connectivity index (χ4v) is 2.24. The topological polar surface area (TPSA) is 85.0 Å². The van der Waals surface area contributed by atoms with Crippen LogP contribution in [0.15, 0.2) is 12.1 Å². The van der Waals surface area contributed by atoms with E-state index >= 15 is 0 Å². The zero-order chi connectivity index (χ0) is 12.7. The maximum absolute atomic E-state index is 12.3. The van der Waals surface area contributed by atoms with Crippen molar-refractivity contribution < 1.29 is 19.4 Å². The van der Waals surface area contributed by atoms with Crippen molar-refractivity contribution in [3.63, 3.8) is 0 Å². The van der Waals surface area contributed by atoms with Crippen LogP contribution in [0.2, 0.25) is 0 Å². The van der Waals surface area contributed by atoms with E-state index in [-0.39, 0.29) is 12.7 Å². The number of anilines is 1. The minimum absolute atomic E-state index is 0.148. The molecule has 1 saturated heterocycles. The molecule has 3 N–H and O–H groups in total. The Morgan fingerprint density at radius 3 is 2.78 bits per heavy atom. The third-order valence-corrected chi connectivity index (χ3v) is 3.23. The van der Waals surface area contributed by atoms with Gasteiger partial charge in [-0.25, -0.2) is 0 Å². The van der Waals surface area contributed by atoms with Gasteiger partial charge in [-0.05, 0) is 12.5 Å². The molecule has 0 aromatic heterocycles. The van der Waals surface area contributed by atoms with E-state index in [4.69, 9.17) is 15.2 Å². The molecule has 2 aliphatic rings. The molecule has 0 unspecified atom stereocenters. The van der Waals surface area contributed by atoms with Gasteiger partial charge in [0.15, 0.2) is 11.5 Å². The minimum Gasteiger partial charge on any atom is -0.454 e. The third kappa shape index (κ3) is 1.74. The molecule has 1 amide bonds. The Morgan fingerprint density at radius 2 is 2.11 bits per heavy atom. The van der Waals surface area contributed by atoms with Crippen LogP contribution in [-0.2, 0) is 0 Å². The summed E-state index contributed by atoms with van der Waals surface area (Å²) in [5.41, 5.74) is 6.61. The number of hydrogen-bond acceptors (Lipinski definition) is 5. The summed E-state index contributed by atoms with van der Waals surface area (Å²) < 4.78 is 10.4. The number of ether oxygens (including phenoxy) is 2. The van der Waals surface area contributed by atoms with Crippen LogP contribution in [0.3, 0.4) is 0 Å². The normalized spacial score (nSPS) is 21.4. The molecular weight excluding hydrogens is 236 g/mol. The van der Waals surface area contributed by atoms with Crippen LogP contribution in [0.25, 0.3) is 0 Å². The van der Waals surface area contributed by atoms with Crippen molar-refractivity contribution in [1.29, 1.82) is 0 Å². The second-order valence-electron chi connectivity index (χ2n) is 4.49. The van der Waals surface area contributed by atoms with Gasteiger partial charge in [0, 0.05) is 24.8 Å². The number of benzene rings is 1. The lowest BCUT2D eigenvalue weighted by Gasteiger charge is -2.17. The predicted molar refractivity (Wildman–Crippen MR) is 63.5 cm³/mol. The van der Waals surface area contributed by atoms with E-state index in [1.165, 1.54) is 0 Å². The maximum atomic E-state index is 12.3. The number of carbonyl (C=O) groups excluding carboxylic acids is 1. The minimum atomic E-state index is -0.441. The Balaban J connectivity index is 1.90. The first-order valence-corrected chi connectivity index (χ1v) is 5.81. The first kappa shape index (κ1) is 11.2. The molecule has 1 aromatic carbocycles. The Morgan fingerprint density at radius 1 is 1.39 bits per heavy atom. The fraction of sp³-hybridized carbons (Fsp3) is 0.417. The van der Waals surface area contributed by atoms with Crippen molar-refractivity contribution in [1.82, 2.24) is 4.90 Å². The van der Waals surface area contributed by atoms with Crippen LogP contribution in [0.5, 0.6) is 11.5 Å². The lowest BCUT2D eigenvalue weighted by Crippen LogP contribution is -2.30. The number of carbonyl (C=O) groups is 1. The fourth-order valence-electron chi connectivity index (χ4n) is 2.24. The predicted octanol–water partition coefficient (Wildman–Crippen LogP) is 0.204. The highest BCUT2D eigenvalue weighted by Crippen LogP contribution is 2.36. The molecule has 2 heterocycles. The highest BCUT2D eigenvalue weighted by molar-refractivity contribution is 6.00. The van der Waals surface area contributed by atoms with Gasteiger partial charge < -0.3 is 25.2 Å². The molecule has 0 spiro atoms. The summed E-state index contributed by atoms with van der Waals surface area (Å²) in [6, 6.07) is 3.20. The van der Waals surface area contributed by atoms with Crippen molar-refractivity contribution >= 4 is 11.6 Å². The summed E-state index contributed by atoms with van der Waals surface area (Å²) in [5.74, 6) is 0.917. The summed E-state index contributed by atoms with van der Waals surface area (Å²) in [7, 11) is 0. The van der Waals surface area contributed by atoms with Gasteiger partial charge in [0.25, 0.3) is 5.91 Å². The van der Waals surface area contributed by atoms with Crippen molar-refractivity contribution in [2.45, 2.75) is 12.5 Å². The number of amides is 1. The SMILES string of the molecule is Nc1cc2c(cc1C(=O)N1CC[C@H](O)C1)OCO2. The number of aliphatic hydroxyl groups excluding tert-OH is 1. The largest absolute Gasteiger partial charge is 0.454 e. The molecule has 0 saturated carbocycles. The van der Waals surface area contributed by atoms with Gasteiger partial charge >= 0.3 is 0 Å². The number of nitrogens with zero attached hydrogens (tertiary/aromatic N) is 1. The van der Waals surface area contributed by atoms with Gasteiger partial charge in [-0.15, -0.1) is 0 Å². The van der Waals surface area contributed by atoms with E-state index in [1.807, 2.05) is 0 Å². The molecule has 6 heteroatoms.